The molecule has 1 heterocycles. The number of halogens is 2. The average Bonchev–Trinajstić information content (AvgIpc) is 2.42. The average molecular weight is 281 g/mol. The molecule has 0 spiro atoms. The van der Waals surface area contributed by atoms with E-state index >= 15 is 0 Å². The van der Waals surface area contributed by atoms with Gasteiger partial charge in [0.25, 0.3) is 0 Å². The van der Waals surface area contributed by atoms with E-state index in [4.69, 9.17) is 16.3 Å². The predicted molar refractivity (Wildman–Crippen MR) is 74.1 cm³/mol. The molecule has 0 atom stereocenters. The van der Waals surface area contributed by atoms with Crippen LogP contribution in [-0.2, 0) is 6.54 Å². The molecule has 0 unspecified atom stereocenters. The first kappa shape index (κ1) is 13.6. The maximum atomic E-state index is 13.7. The predicted octanol–water partition coefficient (Wildman–Crippen LogP) is 3.88. The second-order valence-corrected chi connectivity index (χ2v) is 4.29. The van der Waals surface area contributed by atoms with E-state index in [-0.39, 0.29) is 5.02 Å². The van der Waals surface area contributed by atoms with Crippen molar-refractivity contribution in [3.05, 3.63) is 52.9 Å². The molecule has 2 rings (SSSR count). The van der Waals surface area contributed by atoms with Crippen molar-refractivity contribution in [1.29, 1.82) is 0 Å². The lowest BCUT2D eigenvalue weighted by atomic mass is 10.2. The van der Waals surface area contributed by atoms with Crippen LogP contribution in [0.4, 0.5) is 10.1 Å². The Morgan fingerprint density at radius 3 is 2.84 bits per heavy atom. The van der Waals surface area contributed by atoms with Gasteiger partial charge < -0.3 is 10.1 Å². The SMILES string of the molecule is CCOc1ccc(NCc2cccc(Cl)c2F)cn1. The maximum absolute atomic E-state index is 13.7. The van der Waals surface area contributed by atoms with Gasteiger partial charge in [-0.15, -0.1) is 0 Å². The molecule has 0 fully saturated rings. The van der Waals surface area contributed by atoms with Crippen LogP contribution in [0.1, 0.15) is 12.5 Å². The van der Waals surface area contributed by atoms with Crippen LogP contribution in [0.15, 0.2) is 36.5 Å². The topological polar surface area (TPSA) is 34.1 Å². The number of nitrogens with one attached hydrogen (secondary N) is 1. The van der Waals surface area contributed by atoms with Crippen molar-refractivity contribution in [2.45, 2.75) is 13.5 Å². The fourth-order valence-corrected chi connectivity index (χ4v) is 1.79. The highest BCUT2D eigenvalue weighted by atomic mass is 35.5. The molecule has 0 bridgehead atoms. The summed E-state index contributed by atoms with van der Waals surface area (Å²) in [5.41, 5.74) is 1.31. The fraction of sp³-hybridized carbons (Fsp3) is 0.214. The van der Waals surface area contributed by atoms with Gasteiger partial charge in [-0.3, -0.25) is 0 Å². The number of nitrogens with zero attached hydrogens (tertiary/aromatic N) is 1. The highest BCUT2D eigenvalue weighted by molar-refractivity contribution is 6.30. The molecule has 0 saturated carbocycles. The molecule has 2 aromatic rings. The van der Waals surface area contributed by atoms with Gasteiger partial charge in [0.15, 0.2) is 0 Å². The van der Waals surface area contributed by atoms with E-state index in [1.54, 1.807) is 24.4 Å². The van der Waals surface area contributed by atoms with Crippen LogP contribution in [-0.4, -0.2) is 11.6 Å². The Morgan fingerprint density at radius 1 is 1.32 bits per heavy atom. The summed E-state index contributed by atoms with van der Waals surface area (Å²) in [6.07, 6.45) is 1.65. The summed E-state index contributed by atoms with van der Waals surface area (Å²) >= 11 is 5.72. The Kier molecular flexibility index (Phi) is 4.58. The van der Waals surface area contributed by atoms with Gasteiger partial charge >= 0.3 is 0 Å². The molecular weight excluding hydrogens is 267 g/mol. The van der Waals surface area contributed by atoms with Gasteiger partial charge in [0.05, 0.1) is 23.5 Å². The van der Waals surface area contributed by atoms with Crippen LogP contribution in [0, 0.1) is 5.82 Å². The third-order valence-corrected chi connectivity index (χ3v) is 2.84. The van der Waals surface area contributed by atoms with Crippen molar-refractivity contribution < 1.29 is 9.13 Å². The van der Waals surface area contributed by atoms with Crippen LogP contribution in [0.25, 0.3) is 0 Å². The van der Waals surface area contributed by atoms with E-state index in [1.807, 2.05) is 13.0 Å². The molecule has 0 aliphatic carbocycles. The van der Waals surface area contributed by atoms with Gasteiger partial charge in [0.1, 0.15) is 5.82 Å². The van der Waals surface area contributed by atoms with Crippen molar-refractivity contribution >= 4 is 17.3 Å². The zero-order chi connectivity index (χ0) is 13.7. The van der Waals surface area contributed by atoms with E-state index < -0.39 is 5.82 Å². The summed E-state index contributed by atoms with van der Waals surface area (Å²) in [7, 11) is 0. The molecule has 0 radical (unpaired) electrons. The number of pyridine rings is 1. The first-order valence-electron chi connectivity index (χ1n) is 5.96. The Bertz CT molecular complexity index is 546. The zero-order valence-electron chi connectivity index (χ0n) is 10.5. The second kappa shape index (κ2) is 6.38. The van der Waals surface area contributed by atoms with Crippen molar-refractivity contribution in [3.8, 4) is 5.88 Å². The monoisotopic (exact) mass is 280 g/mol. The number of rotatable bonds is 5. The third kappa shape index (κ3) is 3.58. The smallest absolute Gasteiger partial charge is 0.213 e. The molecule has 1 N–H and O–H groups in total. The van der Waals surface area contributed by atoms with Gasteiger partial charge in [-0.25, -0.2) is 9.37 Å². The number of benzene rings is 1. The molecule has 0 amide bonds. The van der Waals surface area contributed by atoms with Gasteiger partial charge in [0.2, 0.25) is 5.88 Å². The molecule has 5 heteroatoms. The van der Waals surface area contributed by atoms with E-state index in [2.05, 4.69) is 10.3 Å². The molecule has 3 nitrogen and oxygen atoms in total. The normalized spacial score (nSPS) is 10.3. The van der Waals surface area contributed by atoms with Crippen LogP contribution < -0.4 is 10.1 Å². The van der Waals surface area contributed by atoms with Crippen molar-refractivity contribution in [2.24, 2.45) is 0 Å². The van der Waals surface area contributed by atoms with Gasteiger partial charge in [-0.1, -0.05) is 23.7 Å². The van der Waals surface area contributed by atoms with E-state index in [0.29, 0.717) is 24.6 Å². The highest BCUT2D eigenvalue weighted by Gasteiger charge is 2.05. The first-order chi connectivity index (χ1) is 9.20. The Balaban J connectivity index is 2.00. The molecule has 1 aromatic heterocycles. The Hall–Kier alpha value is -1.81. The third-order valence-electron chi connectivity index (χ3n) is 2.54. The van der Waals surface area contributed by atoms with Gasteiger partial charge in [-0.05, 0) is 19.1 Å². The minimum atomic E-state index is -0.393. The highest BCUT2D eigenvalue weighted by Crippen LogP contribution is 2.19. The molecule has 100 valence electrons. The van der Waals surface area contributed by atoms with Crippen LogP contribution >= 0.6 is 11.6 Å². The fourth-order valence-electron chi connectivity index (χ4n) is 1.60. The largest absolute Gasteiger partial charge is 0.478 e. The number of hydrogen-bond acceptors (Lipinski definition) is 3. The number of aromatic nitrogens is 1. The van der Waals surface area contributed by atoms with E-state index in [1.165, 1.54) is 6.07 Å². The lowest BCUT2D eigenvalue weighted by Crippen LogP contribution is -2.03. The minimum Gasteiger partial charge on any atom is -0.478 e. The van der Waals surface area contributed by atoms with Crippen molar-refractivity contribution in [3.63, 3.8) is 0 Å². The Morgan fingerprint density at radius 2 is 2.16 bits per heavy atom. The molecule has 0 saturated heterocycles. The van der Waals surface area contributed by atoms with Gasteiger partial charge in [-0.2, -0.15) is 0 Å². The molecule has 0 aliphatic rings. The summed E-state index contributed by atoms with van der Waals surface area (Å²) in [4.78, 5) is 4.12. The lowest BCUT2D eigenvalue weighted by molar-refractivity contribution is 0.327. The summed E-state index contributed by atoms with van der Waals surface area (Å²) in [5.74, 6) is 0.178. The summed E-state index contributed by atoms with van der Waals surface area (Å²) in [5, 5.41) is 3.21. The van der Waals surface area contributed by atoms with Crippen molar-refractivity contribution in [1.82, 2.24) is 4.98 Å². The summed E-state index contributed by atoms with van der Waals surface area (Å²) in [6, 6.07) is 8.54. The standard InChI is InChI=1S/C14H14ClFN2O/c1-2-19-13-7-6-11(9-18-13)17-8-10-4-3-5-12(15)14(10)16/h3-7,9,17H,2,8H2,1H3. The van der Waals surface area contributed by atoms with Crippen molar-refractivity contribution in [2.75, 3.05) is 11.9 Å². The van der Waals surface area contributed by atoms with Gasteiger partial charge in [0, 0.05) is 18.2 Å². The molecule has 0 aliphatic heterocycles. The molecular formula is C14H14ClFN2O. The number of anilines is 1. The van der Waals surface area contributed by atoms with Crippen LogP contribution in [0.2, 0.25) is 5.02 Å². The summed E-state index contributed by atoms with van der Waals surface area (Å²) < 4.78 is 18.9. The second-order valence-electron chi connectivity index (χ2n) is 3.88. The Labute approximate surface area is 116 Å². The van der Waals surface area contributed by atoms with Crippen LogP contribution in [0.3, 0.4) is 0 Å². The number of hydrogen-bond donors (Lipinski definition) is 1. The quantitative estimate of drug-likeness (QED) is 0.902. The number of ether oxygens (including phenoxy) is 1. The molecule has 19 heavy (non-hydrogen) atoms. The van der Waals surface area contributed by atoms with E-state index in [9.17, 15) is 4.39 Å². The van der Waals surface area contributed by atoms with E-state index in [0.717, 1.165) is 5.69 Å². The van der Waals surface area contributed by atoms with Crippen LogP contribution in [0.5, 0.6) is 5.88 Å². The lowest BCUT2D eigenvalue weighted by Gasteiger charge is -2.08. The zero-order valence-corrected chi connectivity index (χ0v) is 11.2. The maximum Gasteiger partial charge on any atom is 0.213 e. The first-order valence-corrected chi connectivity index (χ1v) is 6.34. The minimum absolute atomic E-state index is 0.129. The summed E-state index contributed by atoms with van der Waals surface area (Å²) in [6.45, 7) is 2.82. The molecule has 1 aromatic carbocycles.